The Kier molecular flexibility index (Phi) is 6.73. The van der Waals surface area contributed by atoms with Gasteiger partial charge in [-0.05, 0) is 50.3 Å². The van der Waals surface area contributed by atoms with E-state index in [4.69, 9.17) is 4.74 Å². The van der Waals surface area contributed by atoms with Crippen molar-refractivity contribution >= 4 is 5.91 Å². The summed E-state index contributed by atoms with van der Waals surface area (Å²) < 4.78 is 5.92. The van der Waals surface area contributed by atoms with E-state index in [-0.39, 0.29) is 11.9 Å². The summed E-state index contributed by atoms with van der Waals surface area (Å²) in [5.74, 6) is 1.14. The Bertz CT molecular complexity index is 468. The summed E-state index contributed by atoms with van der Waals surface area (Å²) >= 11 is 0. The molecule has 0 aromatic heterocycles. The van der Waals surface area contributed by atoms with E-state index in [2.05, 4.69) is 38.2 Å². The first kappa shape index (κ1) is 17.5. The highest BCUT2D eigenvalue weighted by atomic mass is 16.5. The van der Waals surface area contributed by atoms with Crippen LogP contribution in [0.5, 0.6) is 5.75 Å². The summed E-state index contributed by atoms with van der Waals surface area (Å²) in [6.45, 7) is 12.2. The van der Waals surface area contributed by atoms with Crippen molar-refractivity contribution in [1.82, 2.24) is 5.32 Å². The molecule has 0 fully saturated rings. The van der Waals surface area contributed by atoms with Gasteiger partial charge in [-0.1, -0.05) is 39.3 Å². The van der Waals surface area contributed by atoms with Crippen LogP contribution in [0.4, 0.5) is 0 Å². The zero-order chi connectivity index (χ0) is 16.0. The smallest absolute Gasteiger partial charge is 0.260 e. The third-order valence-electron chi connectivity index (χ3n) is 3.57. The summed E-state index contributed by atoms with van der Waals surface area (Å²) in [7, 11) is 0. The Labute approximate surface area is 129 Å². The summed E-state index contributed by atoms with van der Waals surface area (Å²) in [5, 5.41) is 3.00. The number of hydrogen-bond donors (Lipinski definition) is 1. The molecule has 0 bridgehead atoms. The van der Waals surface area contributed by atoms with Crippen LogP contribution in [0, 0.1) is 6.92 Å². The van der Waals surface area contributed by atoms with E-state index in [1.165, 1.54) is 0 Å². The fourth-order valence-electron chi connectivity index (χ4n) is 2.33. The van der Waals surface area contributed by atoms with Gasteiger partial charge in [-0.2, -0.15) is 0 Å². The molecule has 2 atom stereocenters. The first-order valence-electron chi connectivity index (χ1n) is 7.92. The van der Waals surface area contributed by atoms with Gasteiger partial charge in [0.2, 0.25) is 0 Å². The topological polar surface area (TPSA) is 38.3 Å². The third-order valence-corrected chi connectivity index (χ3v) is 3.57. The quantitative estimate of drug-likeness (QED) is 0.818. The van der Waals surface area contributed by atoms with Crippen molar-refractivity contribution in [3.05, 3.63) is 29.3 Å². The molecule has 3 heteroatoms. The Morgan fingerprint density at radius 1 is 1.24 bits per heavy atom. The van der Waals surface area contributed by atoms with Gasteiger partial charge in [-0.25, -0.2) is 0 Å². The predicted molar refractivity (Wildman–Crippen MR) is 87.9 cm³/mol. The average Bonchev–Trinajstić information content (AvgIpc) is 2.38. The molecule has 1 amide bonds. The van der Waals surface area contributed by atoms with Crippen molar-refractivity contribution in [2.75, 3.05) is 0 Å². The molecular weight excluding hydrogens is 262 g/mol. The Hall–Kier alpha value is -1.51. The number of nitrogens with one attached hydrogen (secondary N) is 1. The number of aryl methyl sites for hydroxylation is 1. The molecule has 1 aromatic rings. The molecule has 0 heterocycles. The zero-order valence-electron chi connectivity index (χ0n) is 14.2. The van der Waals surface area contributed by atoms with Crippen LogP contribution in [-0.2, 0) is 4.79 Å². The molecule has 0 spiro atoms. The van der Waals surface area contributed by atoms with Crippen LogP contribution >= 0.6 is 0 Å². The Morgan fingerprint density at radius 2 is 1.90 bits per heavy atom. The fraction of sp³-hybridized carbons (Fsp3) is 0.611. The first-order valence-corrected chi connectivity index (χ1v) is 7.92. The van der Waals surface area contributed by atoms with Crippen LogP contribution in [0.3, 0.4) is 0 Å². The van der Waals surface area contributed by atoms with Gasteiger partial charge >= 0.3 is 0 Å². The molecule has 3 nitrogen and oxygen atoms in total. The molecule has 0 aliphatic rings. The molecule has 118 valence electrons. The number of hydrogen-bond acceptors (Lipinski definition) is 2. The Balaban J connectivity index is 2.76. The van der Waals surface area contributed by atoms with Crippen molar-refractivity contribution in [2.24, 2.45) is 0 Å². The van der Waals surface area contributed by atoms with Gasteiger partial charge in [0.05, 0.1) is 0 Å². The fourth-order valence-corrected chi connectivity index (χ4v) is 2.33. The second-order valence-corrected chi connectivity index (χ2v) is 6.15. The van der Waals surface area contributed by atoms with Gasteiger partial charge in [-0.3, -0.25) is 4.79 Å². The van der Waals surface area contributed by atoms with Gasteiger partial charge in [0.1, 0.15) is 5.75 Å². The maximum absolute atomic E-state index is 12.2. The van der Waals surface area contributed by atoms with E-state index in [1.807, 2.05) is 19.9 Å². The van der Waals surface area contributed by atoms with Crippen molar-refractivity contribution in [3.8, 4) is 5.75 Å². The standard InChI is InChI=1S/C18H29NO2/c1-7-8-14(5)19-18(20)15(6)21-17-11-13(4)9-10-16(17)12(2)3/h9-12,14-15H,7-8H2,1-6H3,(H,19,20)/t14-,15+/m1/s1. The van der Waals surface area contributed by atoms with Crippen LogP contribution in [0.15, 0.2) is 18.2 Å². The monoisotopic (exact) mass is 291 g/mol. The van der Waals surface area contributed by atoms with E-state index in [9.17, 15) is 4.79 Å². The summed E-state index contributed by atoms with van der Waals surface area (Å²) in [4.78, 5) is 12.2. The summed E-state index contributed by atoms with van der Waals surface area (Å²) in [6, 6.07) is 6.36. The van der Waals surface area contributed by atoms with Gasteiger partial charge in [0, 0.05) is 6.04 Å². The predicted octanol–water partition coefficient (Wildman–Crippen LogP) is 4.19. The average molecular weight is 291 g/mol. The molecular formula is C18H29NO2. The largest absolute Gasteiger partial charge is 0.481 e. The number of benzene rings is 1. The molecule has 0 saturated carbocycles. The number of carbonyl (C=O) groups excluding carboxylic acids is 1. The van der Waals surface area contributed by atoms with Gasteiger partial charge < -0.3 is 10.1 Å². The van der Waals surface area contributed by atoms with E-state index >= 15 is 0 Å². The third kappa shape index (κ3) is 5.41. The Morgan fingerprint density at radius 3 is 2.48 bits per heavy atom. The van der Waals surface area contributed by atoms with Gasteiger partial charge in [0.25, 0.3) is 5.91 Å². The first-order chi connectivity index (χ1) is 9.85. The molecule has 0 saturated heterocycles. The van der Waals surface area contributed by atoms with Crippen LogP contribution < -0.4 is 10.1 Å². The van der Waals surface area contributed by atoms with Crippen molar-refractivity contribution in [2.45, 2.75) is 72.4 Å². The lowest BCUT2D eigenvalue weighted by Gasteiger charge is -2.21. The normalized spacial score (nSPS) is 13.9. The molecule has 1 rings (SSSR count). The van der Waals surface area contributed by atoms with Crippen LogP contribution in [0.2, 0.25) is 0 Å². The highest BCUT2D eigenvalue weighted by Gasteiger charge is 2.18. The van der Waals surface area contributed by atoms with Crippen molar-refractivity contribution in [3.63, 3.8) is 0 Å². The lowest BCUT2D eigenvalue weighted by atomic mass is 10.0. The number of ether oxygens (including phenoxy) is 1. The van der Waals surface area contributed by atoms with E-state index in [0.717, 1.165) is 29.7 Å². The highest BCUT2D eigenvalue weighted by Crippen LogP contribution is 2.28. The molecule has 1 N–H and O–H groups in total. The van der Waals surface area contributed by atoms with Crippen LogP contribution in [0.1, 0.15) is 64.5 Å². The van der Waals surface area contributed by atoms with E-state index < -0.39 is 6.10 Å². The molecule has 21 heavy (non-hydrogen) atoms. The lowest BCUT2D eigenvalue weighted by molar-refractivity contribution is -0.127. The molecule has 0 aliphatic carbocycles. The number of carbonyl (C=O) groups is 1. The van der Waals surface area contributed by atoms with Gasteiger partial charge in [-0.15, -0.1) is 0 Å². The SMILES string of the molecule is CCC[C@@H](C)NC(=O)[C@H](C)Oc1cc(C)ccc1C(C)C. The minimum absolute atomic E-state index is 0.0489. The molecule has 0 aliphatic heterocycles. The van der Waals surface area contributed by atoms with E-state index in [1.54, 1.807) is 6.92 Å². The van der Waals surface area contributed by atoms with Crippen molar-refractivity contribution < 1.29 is 9.53 Å². The number of rotatable bonds is 7. The van der Waals surface area contributed by atoms with Crippen LogP contribution in [0.25, 0.3) is 0 Å². The van der Waals surface area contributed by atoms with Gasteiger partial charge in [0.15, 0.2) is 6.10 Å². The lowest BCUT2D eigenvalue weighted by Crippen LogP contribution is -2.41. The summed E-state index contributed by atoms with van der Waals surface area (Å²) in [5.41, 5.74) is 2.28. The van der Waals surface area contributed by atoms with Crippen molar-refractivity contribution in [1.29, 1.82) is 0 Å². The molecule has 0 unspecified atom stereocenters. The van der Waals surface area contributed by atoms with Crippen LogP contribution in [-0.4, -0.2) is 18.1 Å². The molecule has 0 radical (unpaired) electrons. The molecule has 1 aromatic carbocycles. The summed E-state index contributed by atoms with van der Waals surface area (Å²) in [6.07, 6.45) is 1.57. The maximum atomic E-state index is 12.2. The highest BCUT2D eigenvalue weighted by molar-refractivity contribution is 5.81. The minimum atomic E-state index is -0.483. The maximum Gasteiger partial charge on any atom is 0.260 e. The second kappa shape index (κ2) is 8.06. The minimum Gasteiger partial charge on any atom is -0.481 e. The number of amides is 1. The second-order valence-electron chi connectivity index (χ2n) is 6.15. The van der Waals surface area contributed by atoms with E-state index in [0.29, 0.717) is 5.92 Å². The zero-order valence-corrected chi connectivity index (χ0v) is 14.2.